The van der Waals surface area contributed by atoms with E-state index in [9.17, 15) is 9.59 Å². The van der Waals surface area contributed by atoms with Crippen molar-refractivity contribution in [1.82, 2.24) is 5.32 Å². The molecule has 0 aliphatic heterocycles. The molecule has 5 heteroatoms. The molecular formula is C12H14ClNO3. The van der Waals surface area contributed by atoms with E-state index < -0.39 is 5.97 Å². The highest BCUT2D eigenvalue weighted by Gasteiger charge is 2.09. The first-order valence-corrected chi connectivity index (χ1v) is 5.66. The maximum Gasteiger partial charge on any atom is 0.315 e. The molecule has 0 bridgehead atoms. The van der Waals surface area contributed by atoms with Gasteiger partial charge >= 0.3 is 5.97 Å². The summed E-state index contributed by atoms with van der Waals surface area (Å²) in [7, 11) is 0. The molecule has 1 aromatic rings. The minimum absolute atomic E-state index is 0.256. The van der Waals surface area contributed by atoms with E-state index in [0.717, 1.165) is 5.56 Å². The number of amides is 1. The van der Waals surface area contributed by atoms with Gasteiger partial charge in [0.05, 0.1) is 6.61 Å². The molecule has 17 heavy (non-hydrogen) atoms. The molecule has 0 aromatic heterocycles. The van der Waals surface area contributed by atoms with Crippen molar-refractivity contribution in [2.75, 3.05) is 6.61 Å². The first-order chi connectivity index (χ1) is 8.11. The largest absolute Gasteiger partial charge is 0.466 e. The van der Waals surface area contributed by atoms with Crippen molar-refractivity contribution in [2.24, 2.45) is 0 Å². The van der Waals surface area contributed by atoms with Crippen LogP contribution in [0.25, 0.3) is 0 Å². The number of rotatable bonds is 5. The number of halogens is 1. The number of esters is 1. The Kier molecular flexibility index (Phi) is 5.49. The van der Waals surface area contributed by atoms with Gasteiger partial charge in [0.15, 0.2) is 0 Å². The summed E-state index contributed by atoms with van der Waals surface area (Å²) in [6.45, 7) is 2.32. The zero-order chi connectivity index (χ0) is 12.7. The molecule has 1 rings (SSSR count). The molecule has 0 saturated heterocycles. The summed E-state index contributed by atoms with van der Waals surface area (Å²) in [5.74, 6) is -0.875. The Bertz CT molecular complexity index is 406. The quantitative estimate of drug-likeness (QED) is 0.646. The van der Waals surface area contributed by atoms with Gasteiger partial charge in [0.25, 0.3) is 0 Å². The van der Waals surface area contributed by atoms with Crippen molar-refractivity contribution < 1.29 is 14.3 Å². The van der Waals surface area contributed by atoms with Crippen LogP contribution in [-0.4, -0.2) is 18.5 Å². The fourth-order valence-electron chi connectivity index (χ4n) is 1.25. The van der Waals surface area contributed by atoms with Crippen LogP contribution in [0.5, 0.6) is 0 Å². The van der Waals surface area contributed by atoms with Crippen LogP contribution < -0.4 is 5.32 Å². The number of ether oxygens (including phenoxy) is 1. The summed E-state index contributed by atoms with van der Waals surface area (Å²) >= 11 is 5.80. The number of carbonyl (C=O) groups is 2. The van der Waals surface area contributed by atoms with E-state index in [0.29, 0.717) is 11.6 Å². The van der Waals surface area contributed by atoms with Gasteiger partial charge in [0.1, 0.15) is 6.42 Å². The van der Waals surface area contributed by atoms with E-state index in [1.165, 1.54) is 0 Å². The van der Waals surface area contributed by atoms with Crippen molar-refractivity contribution in [3.8, 4) is 0 Å². The lowest BCUT2D eigenvalue weighted by atomic mass is 10.2. The molecule has 0 atom stereocenters. The number of carbonyl (C=O) groups excluding carboxylic acids is 2. The summed E-state index contributed by atoms with van der Waals surface area (Å²) in [6, 6.07) is 7.16. The Hall–Kier alpha value is -1.55. The van der Waals surface area contributed by atoms with E-state index in [4.69, 9.17) is 11.6 Å². The normalized spacial score (nSPS) is 9.76. The van der Waals surface area contributed by atoms with Crippen LogP contribution in [0.1, 0.15) is 18.9 Å². The highest BCUT2D eigenvalue weighted by atomic mass is 35.5. The highest BCUT2D eigenvalue weighted by Crippen LogP contribution is 2.10. The molecule has 0 radical (unpaired) electrons. The molecule has 0 heterocycles. The lowest BCUT2D eigenvalue weighted by molar-refractivity contribution is -0.146. The van der Waals surface area contributed by atoms with Crippen molar-refractivity contribution in [3.63, 3.8) is 0 Å². The zero-order valence-corrected chi connectivity index (χ0v) is 10.3. The van der Waals surface area contributed by atoms with Crippen LogP contribution in [0, 0.1) is 0 Å². The van der Waals surface area contributed by atoms with Gasteiger partial charge in [0.2, 0.25) is 5.91 Å². The molecule has 92 valence electrons. The third-order valence-electron chi connectivity index (χ3n) is 1.99. The summed E-state index contributed by atoms with van der Waals surface area (Å²) in [6.07, 6.45) is -0.256. The van der Waals surface area contributed by atoms with Crippen LogP contribution in [0.3, 0.4) is 0 Å². The predicted molar refractivity (Wildman–Crippen MR) is 64.5 cm³/mol. The molecule has 1 aromatic carbocycles. The van der Waals surface area contributed by atoms with Gasteiger partial charge < -0.3 is 10.1 Å². The smallest absolute Gasteiger partial charge is 0.315 e. The van der Waals surface area contributed by atoms with Gasteiger partial charge in [-0.05, 0) is 24.6 Å². The summed E-state index contributed by atoms with van der Waals surface area (Å²) in [5, 5.41) is 3.23. The zero-order valence-electron chi connectivity index (χ0n) is 9.53. The lowest BCUT2D eigenvalue weighted by Gasteiger charge is -2.05. The Labute approximate surface area is 105 Å². The second kappa shape index (κ2) is 6.91. The molecule has 1 amide bonds. The van der Waals surface area contributed by atoms with Crippen LogP contribution in [0.15, 0.2) is 24.3 Å². The van der Waals surface area contributed by atoms with Crippen LogP contribution >= 0.6 is 11.6 Å². The average Bonchev–Trinajstić information content (AvgIpc) is 2.27. The van der Waals surface area contributed by atoms with Gasteiger partial charge in [-0.2, -0.15) is 0 Å². The first-order valence-electron chi connectivity index (χ1n) is 5.28. The van der Waals surface area contributed by atoms with Crippen molar-refractivity contribution in [3.05, 3.63) is 34.9 Å². The summed E-state index contributed by atoms with van der Waals surface area (Å²) in [4.78, 5) is 22.4. The first kappa shape index (κ1) is 13.5. The third-order valence-corrected chi connectivity index (χ3v) is 2.22. The van der Waals surface area contributed by atoms with E-state index in [2.05, 4.69) is 10.1 Å². The molecule has 1 N–H and O–H groups in total. The maximum atomic E-state index is 11.3. The molecular weight excluding hydrogens is 242 g/mol. The van der Waals surface area contributed by atoms with E-state index in [1.54, 1.807) is 25.1 Å². The fourth-order valence-corrected chi connectivity index (χ4v) is 1.47. The third kappa shape index (κ3) is 5.36. The fraction of sp³-hybridized carbons (Fsp3) is 0.333. The van der Waals surface area contributed by atoms with E-state index in [1.807, 2.05) is 6.07 Å². The van der Waals surface area contributed by atoms with Gasteiger partial charge in [0, 0.05) is 11.6 Å². The molecule has 4 nitrogen and oxygen atoms in total. The van der Waals surface area contributed by atoms with E-state index >= 15 is 0 Å². The van der Waals surface area contributed by atoms with Crippen LogP contribution in [-0.2, 0) is 20.9 Å². The Morgan fingerprint density at radius 3 is 2.82 bits per heavy atom. The maximum absolute atomic E-state index is 11.3. The molecule has 0 saturated carbocycles. The molecule has 0 aliphatic carbocycles. The van der Waals surface area contributed by atoms with Gasteiger partial charge in [-0.25, -0.2) is 0 Å². The van der Waals surface area contributed by atoms with Gasteiger partial charge in [-0.15, -0.1) is 0 Å². The highest BCUT2D eigenvalue weighted by molar-refractivity contribution is 6.30. The molecule has 0 spiro atoms. The number of benzene rings is 1. The Morgan fingerprint density at radius 2 is 2.18 bits per heavy atom. The SMILES string of the molecule is CCOC(=O)CC(=O)NCc1cccc(Cl)c1. The second-order valence-corrected chi connectivity index (χ2v) is 3.82. The number of nitrogens with one attached hydrogen (secondary N) is 1. The summed E-state index contributed by atoms with van der Waals surface area (Å²) in [5.41, 5.74) is 0.884. The Morgan fingerprint density at radius 1 is 1.41 bits per heavy atom. The topological polar surface area (TPSA) is 55.4 Å². The predicted octanol–water partition coefficient (Wildman–Crippen LogP) is 1.91. The molecule has 0 unspecified atom stereocenters. The van der Waals surface area contributed by atoms with Crippen molar-refractivity contribution in [2.45, 2.75) is 19.9 Å². The lowest BCUT2D eigenvalue weighted by Crippen LogP contribution is -2.26. The monoisotopic (exact) mass is 255 g/mol. The molecule has 0 fully saturated rings. The minimum Gasteiger partial charge on any atom is -0.466 e. The summed E-state index contributed by atoms with van der Waals surface area (Å²) < 4.78 is 4.66. The van der Waals surface area contributed by atoms with E-state index in [-0.39, 0.29) is 18.9 Å². The number of hydrogen-bond donors (Lipinski definition) is 1. The average molecular weight is 256 g/mol. The van der Waals surface area contributed by atoms with Gasteiger partial charge in [-0.3, -0.25) is 9.59 Å². The van der Waals surface area contributed by atoms with Crippen LogP contribution in [0.4, 0.5) is 0 Å². The number of hydrogen-bond acceptors (Lipinski definition) is 3. The van der Waals surface area contributed by atoms with Crippen molar-refractivity contribution in [1.29, 1.82) is 0 Å². The standard InChI is InChI=1S/C12H14ClNO3/c1-2-17-12(16)7-11(15)14-8-9-4-3-5-10(13)6-9/h3-6H,2,7-8H2,1H3,(H,14,15). The second-order valence-electron chi connectivity index (χ2n) is 3.39. The Balaban J connectivity index is 2.35. The molecule has 0 aliphatic rings. The minimum atomic E-state index is -0.518. The van der Waals surface area contributed by atoms with Gasteiger partial charge in [-0.1, -0.05) is 23.7 Å². The van der Waals surface area contributed by atoms with Crippen molar-refractivity contribution >= 4 is 23.5 Å². The van der Waals surface area contributed by atoms with Crippen LogP contribution in [0.2, 0.25) is 5.02 Å².